The summed E-state index contributed by atoms with van der Waals surface area (Å²) in [6.45, 7) is 6.58. The van der Waals surface area contributed by atoms with Crippen LogP contribution in [0.2, 0.25) is 0 Å². The summed E-state index contributed by atoms with van der Waals surface area (Å²) in [5.41, 5.74) is 1.13. The van der Waals surface area contributed by atoms with E-state index in [0.717, 1.165) is 36.5 Å². The third kappa shape index (κ3) is 4.16. The number of allylic oxidation sites excluding steroid dienone is 1. The van der Waals surface area contributed by atoms with Crippen molar-refractivity contribution >= 4 is 11.8 Å². The van der Waals surface area contributed by atoms with Crippen molar-refractivity contribution in [2.75, 3.05) is 18.1 Å². The zero-order valence-corrected chi connectivity index (χ0v) is 8.98. The maximum atomic E-state index is 9.74. The Morgan fingerprint density at radius 3 is 3.08 bits per heavy atom. The van der Waals surface area contributed by atoms with Gasteiger partial charge in [0, 0.05) is 11.5 Å². The molecule has 0 bridgehead atoms. The molecule has 1 aliphatic rings. The lowest BCUT2D eigenvalue weighted by atomic mass is 10.1. The van der Waals surface area contributed by atoms with Gasteiger partial charge in [-0.1, -0.05) is 5.57 Å². The minimum atomic E-state index is -0.315. The van der Waals surface area contributed by atoms with Crippen molar-refractivity contribution in [2.45, 2.75) is 32.0 Å². The zero-order valence-electron chi connectivity index (χ0n) is 8.16. The van der Waals surface area contributed by atoms with Gasteiger partial charge in [-0.15, -0.1) is 6.58 Å². The largest absolute Gasteiger partial charge is 0.390 e. The van der Waals surface area contributed by atoms with Crippen LogP contribution in [0.25, 0.3) is 0 Å². The summed E-state index contributed by atoms with van der Waals surface area (Å²) in [5.74, 6) is 1.99. The van der Waals surface area contributed by atoms with Gasteiger partial charge in [0.2, 0.25) is 0 Å². The fourth-order valence-corrected chi connectivity index (χ4v) is 2.24. The maximum absolute atomic E-state index is 9.74. The van der Waals surface area contributed by atoms with Crippen molar-refractivity contribution in [1.82, 2.24) is 0 Å². The van der Waals surface area contributed by atoms with Gasteiger partial charge >= 0.3 is 0 Å². The highest BCUT2D eigenvalue weighted by molar-refractivity contribution is 7.99. The topological polar surface area (TPSA) is 29.5 Å². The van der Waals surface area contributed by atoms with Gasteiger partial charge in [0.05, 0.1) is 18.8 Å². The molecule has 0 saturated carbocycles. The summed E-state index contributed by atoms with van der Waals surface area (Å²) in [6, 6.07) is 0. The van der Waals surface area contributed by atoms with Gasteiger partial charge in [-0.05, 0) is 19.8 Å². The maximum Gasteiger partial charge on any atom is 0.0924 e. The fraction of sp³-hybridized carbons (Fsp3) is 0.800. The van der Waals surface area contributed by atoms with Gasteiger partial charge in [-0.3, -0.25) is 0 Å². The molecule has 3 heteroatoms. The van der Waals surface area contributed by atoms with Crippen LogP contribution in [0.5, 0.6) is 0 Å². The first-order valence-electron chi connectivity index (χ1n) is 4.72. The second-order valence-corrected chi connectivity index (χ2v) is 4.70. The molecule has 0 aromatic heterocycles. The lowest BCUT2D eigenvalue weighted by molar-refractivity contribution is -0.0244. The normalized spacial score (nSPS) is 25.5. The monoisotopic (exact) mass is 202 g/mol. The Kier molecular flexibility index (Phi) is 4.84. The number of thioether (sulfide) groups is 1. The van der Waals surface area contributed by atoms with E-state index in [4.69, 9.17) is 4.74 Å². The van der Waals surface area contributed by atoms with Crippen LogP contribution >= 0.6 is 11.8 Å². The van der Waals surface area contributed by atoms with Crippen LogP contribution in [-0.4, -0.2) is 35.4 Å². The van der Waals surface area contributed by atoms with Crippen molar-refractivity contribution < 1.29 is 9.84 Å². The number of hydrogen-bond acceptors (Lipinski definition) is 3. The molecule has 0 aromatic rings. The van der Waals surface area contributed by atoms with Gasteiger partial charge in [0.15, 0.2) is 0 Å². The van der Waals surface area contributed by atoms with Crippen LogP contribution in [0, 0.1) is 0 Å². The minimum Gasteiger partial charge on any atom is -0.390 e. The predicted molar refractivity (Wildman–Crippen MR) is 57.1 cm³/mol. The van der Waals surface area contributed by atoms with Gasteiger partial charge in [-0.2, -0.15) is 11.8 Å². The quantitative estimate of drug-likeness (QED) is 0.705. The number of aliphatic hydroxyl groups is 1. The third-order valence-electron chi connectivity index (χ3n) is 2.14. The van der Waals surface area contributed by atoms with Crippen LogP contribution in [0.3, 0.4) is 0 Å². The van der Waals surface area contributed by atoms with E-state index in [1.54, 1.807) is 0 Å². The van der Waals surface area contributed by atoms with Crippen LogP contribution in [0.1, 0.15) is 19.8 Å². The van der Waals surface area contributed by atoms with E-state index in [1.807, 2.05) is 18.7 Å². The Morgan fingerprint density at radius 1 is 1.77 bits per heavy atom. The van der Waals surface area contributed by atoms with Crippen molar-refractivity contribution in [3.8, 4) is 0 Å². The Hall–Kier alpha value is 0.01000. The van der Waals surface area contributed by atoms with E-state index >= 15 is 0 Å². The second kappa shape index (κ2) is 5.68. The molecule has 2 nitrogen and oxygen atoms in total. The summed E-state index contributed by atoms with van der Waals surface area (Å²) < 4.78 is 5.47. The van der Waals surface area contributed by atoms with E-state index in [9.17, 15) is 5.11 Å². The summed E-state index contributed by atoms with van der Waals surface area (Å²) in [4.78, 5) is 0. The lowest BCUT2D eigenvalue weighted by Crippen LogP contribution is -2.35. The van der Waals surface area contributed by atoms with Gasteiger partial charge in [-0.25, -0.2) is 0 Å². The molecule has 2 atom stereocenters. The van der Waals surface area contributed by atoms with E-state index in [-0.39, 0.29) is 12.2 Å². The highest BCUT2D eigenvalue weighted by Gasteiger charge is 2.22. The third-order valence-corrected chi connectivity index (χ3v) is 3.16. The van der Waals surface area contributed by atoms with Gasteiger partial charge < -0.3 is 9.84 Å². The molecule has 13 heavy (non-hydrogen) atoms. The first-order chi connectivity index (χ1) is 6.20. The molecule has 1 fully saturated rings. The Morgan fingerprint density at radius 2 is 2.54 bits per heavy atom. The average Bonchev–Trinajstić information content (AvgIpc) is 2.15. The number of rotatable bonds is 4. The molecule has 1 saturated heterocycles. The first kappa shape index (κ1) is 11.1. The summed E-state index contributed by atoms with van der Waals surface area (Å²) in [6.07, 6.45) is 1.40. The van der Waals surface area contributed by atoms with Crippen molar-refractivity contribution in [3.05, 3.63) is 12.2 Å². The van der Waals surface area contributed by atoms with E-state index in [2.05, 4.69) is 6.58 Å². The second-order valence-electron chi connectivity index (χ2n) is 3.55. The van der Waals surface area contributed by atoms with E-state index < -0.39 is 0 Å². The number of aliphatic hydroxyl groups excluding tert-OH is 1. The van der Waals surface area contributed by atoms with E-state index in [1.165, 1.54) is 0 Å². The van der Waals surface area contributed by atoms with Crippen molar-refractivity contribution in [2.24, 2.45) is 0 Å². The van der Waals surface area contributed by atoms with Crippen molar-refractivity contribution in [1.29, 1.82) is 0 Å². The Bertz CT molecular complexity index is 164. The molecule has 1 heterocycles. The zero-order chi connectivity index (χ0) is 9.68. The molecule has 1 aliphatic heterocycles. The Balaban J connectivity index is 2.20. The highest BCUT2D eigenvalue weighted by atomic mass is 32.2. The summed E-state index contributed by atoms with van der Waals surface area (Å²) in [5, 5.41) is 9.74. The fourth-order valence-electron chi connectivity index (χ4n) is 1.31. The van der Waals surface area contributed by atoms with Crippen LogP contribution in [0.4, 0.5) is 0 Å². The smallest absolute Gasteiger partial charge is 0.0924 e. The predicted octanol–water partition coefficient (Wildman–Crippen LogP) is 1.84. The average molecular weight is 202 g/mol. The molecular formula is C10H18O2S. The SMILES string of the molecule is C=C(C)CCC(O)C1CSCCO1. The summed E-state index contributed by atoms with van der Waals surface area (Å²) >= 11 is 1.86. The van der Waals surface area contributed by atoms with Crippen molar-refractivity contribution in [3.63, 3.8) is 0 Å². The molecule has 76 valence electrons. The van der Waals surface area contributed by atoms with Crippen LogP contribution in [0.15, 0.2) is 12.2 Å². The molecule has 2 unspecified atom stereocenters. The number of ether oxygens (including phenoxy) is 1. The first-order valence-corrected chi connectivity index (χ1v) is 5.87. The van der Waals surface area contributed by atoms with Crippen LogP contribution < -0.4 is 0 Å². The molecule has 0 spiro atoms. The molecule has 1 N–H and O–H groups in total. The minimum absolute atomic E-state index is 0.0399. The van der Waals surface area contributed by atoms with E-state index in [0.29, 0.717) is 0 Å². The molecular weight excluding hydrogens is 184 g/mol. The molecule has 0 aromatic carbocycles. The number of hydrogen-bond donors (Lipinski definition) is 1. The van der Waals surface area contributed by atoms with Crippen LogP contribution in [-0.2, 0) is 4.74 Å². The van der Waals surface area contributed by atoms with Gasteiger partial charge in [0.25, 0.3) is 0 Å². The molecule has 1 rings (SSSR count). The molecule has 0 radical (unpaired) electrons. The lowest BCUT2D eigenvalue weighted by Gasteiger charge is -2.26. The molecule has 0 aliphatic carbocycles. The summed E-state index contributed by atoms with van der Waals surface area (Å²) in [7, 11) is 0. The highest BCUT2D eigenvalue weighted by Crippen LogP contribution is 2.18. The molecule has 0 amide bonds. The Labute approximate surface area is 84.4 Å². The standard InChI is InChI=1S/C10H18O2S/c1-8(2)3-4-9(11)10-7-13-6-5-12-10/h9-11H,1,3-7H2,2H3. The van der Waals surface area contributed by atoms with Gasteiger partial charge in [0.1, 0.15) is 0 Å².